The third kappa shape index (κ3) is 4.51. The number of carbonyl (C=O) groups is 1. The van der Waals surface area contributed by atoms with Gasteiger partial charge in [0, 0.05) is 37.1 Å². The number of aromatic nitrogens is 1. The van der Waals surface area contributed by atoms with Crippen molar-refractivity contribution in [3.05, 3.63) is 54.4 Å². The Balaban J connectivity index is 1.57. The zero-order valence-corrected chi connectivity index (χ0v) is 15.5. The van der Waals surface area contributed by atoms with Gasteiger partial charge in [0.2, 0.25) is 15.9 Å². The number of rotatable bonds is 5. The summed E-state index contributed by atoms with van der Waals surface area (Å²) in [4.78, 5) is 16.5. The van der Waals surface area contributed by atoms with Crippen molar-refractivity contribution in [2.45, 2.75) is 24.2 Å². The second-order valence-corrected chi connectivity index (χ2v) is 8.33. The molecule has 0 saturated carbocycles. The van der Waals surface area contributed by atoms with E-state index in [0.717, 1.165) is 5.56 Å². The van der Waals surface area contributed by atoms with Crippen molar-refractivity contribution in [1.29, 1.82) is 5.26 Å². The van der Waals surface area contributed by atoms with Crippen molar-refractivity contribution >= 4 is 21.6 Å². The van der Waals surface area contributed by atoms with E-state index in [1.807, 2.05) is 12.1 Å². The fourth-order valence-electron chi connectivity index (χ4n) is 3.05. The lowest BCUT2D eigenvalue weighted by Crippen LogP contribution is -2.41. The van der Waals surface area contributed by atoms with Crippen LogP contribution in [-0.2, 0) is 21.2 Å². The maximum Gasteiger partial charge on any atom is 0.244 e. The second-order valence-electron chi connectivity index (χ2n) is 6.39. The van der Waals surface area contributed by atoms with E-state index in [1.165, 1.54) is 22.8 Å². The number of nitriles is 1. The van der Waals surface area contributed by atoms with Crippen LogP contribution < -0.4 is 5.32 Å². The maximum absolute atomic E-state index is 12.6. The Morgan fingerprint density at radius 2 is 1.93 bits per heavy atom. The average Bonchev–Trinajstić information content (AvgIpc) is 2.70. The molecule has 0 bridgehead atoms. The topological polar surface area (TPSA) is 103 Å². The van der Waals surface area contributed by atoms with E-state index in [0.29, 0.717) is 38.0 Å². The third-order valence-electron chi connectivity index (χ3n) is 4.60. The van der Waals surface area contributed by atoms with Crippen LogP contribution in [0, 0.1) is 17.2 Å². The summed E-state index contributed by atoms with van der Waals surface area (Å²) in [5.41, 5.74) is 1.57. The minimum atomic E-state index is -3.57. The van der Waals surface area contributed by atoms with Crippen LogP contribution in [-0.4, -0.2) is 36.7 Å². The highest BCUT2D eigenvalue weighted by Gasteiger charge is 2.32. The summed E-state index contributed by atoms with van der Waals surface area (Å²) >= 11 is 0. The number of anilines is 1. The van der Waals surface area contributed by atoms with E-state index in [9.17, 15) is 13.2 Å². The lowest BCUT2D eigenvalue weighted by molar-refractivity contribution is -0.120. The van der Waals surface area contributed by atoms with Crippen LogP contribution in [0.5, 0.6) is 0 Å². The SMILES string of the molecule is N#CCc1ccc(NC(=O)C2CCN(S(=O)(=O)c3cccnc3)CC2)cc1. The molecule has 0 aliphatic carbocycles. The normalized spacial score (nSPS) is 15.8. The molecule has 140 valence electrons. The molecule has 2 heterocycles. The fourth-order valence-corrected chi connectivity index (χ4v) is 4.48. The number of nitrogens with one attached hydrogen (secondary N) is 1. The van der Waals surface area contributed by atoms with Crippen molar-refractivity contribution in [2.24, 2.45) is 5.92 Å². The zero-order chi connectivity index (χ0) is 19.3. The lowest BCUT2D eigenvalue weighted by Gasteiger charge is -2.30. The van der Waals surface area contributed by atoms with Crippen LogP contribution in [0.2, 0.25) is 0 Å². The van der Waals surface area contributed by atoms with Gasteiger partial charge in [-0.1, -0.05) is 12.1 Å². The molecule has 1 aromatic carbocycles. The second kappa shape index (κ2) is 8.29. The Bertz CT molecular complexity index is 929. The molecule has 1 aromatic heterocycles. The summed E-state index contributed by atoms with van der Waals surface area (Å²) < 4.78 is 26.6. The Hall–Kier alpha value is -2.76. The van der Waals surface area contributed by atoms with Crippen LogP contribution in [0.4, 0.5) is 5.69 Å². The van der Waals surface area contributed by atoms with Gasteiger partial charge in [0.15, 0.2) is 0 Å². The Morgan fingerprint density at radius 3 is 2.52 bits per heavy atom. The predicted molar refractivity (Wildman–Crippen MR) is 100 cm³/mol. The third-order valence-corrected chi connectivity index (χ3v) is 6.48. The molecule has 0 unspecified atom stereocenters. The monoisotopic (exact) mass is 384 g/mol. The van der Waals surface area contributed by atoms with Crippen molar-refractivity contribution in [2.75, 3.05) is 18.4 Å². The molecule has 0 atom stereocenters. The standard InChI is InChI=1S/C19H20N4O3S/c20-10-7-15-3-5-17(6-4-15)22-19(24)16-8-12-23(13-9-16)27(25,26)18-2-1-11-21-14-18/h1-6,11,14,16H,7-9,12-13H2,(H,22,24). The van der Waals surface area contributed by atoms with Gasteiger partial charge in [-0.2, -0.15) is 9.57 Å². The summed E-state index contributed by atoms with van der Waals surface area (Å²) in [5, 5.41) is 11.6. The van der Waals surface area contributed by atoms with Crippen LogP contribution in [0.25, 0.3) is 0 Å². The van der Waals surface area contributed by atoms with E-state index < -0.39 is 10.0 Å². The Kier molecular flexibility index (Phi) is 5.84. The maximum atomic E-state index is 12.6. The van der Waals surface area contributed by atoms with Gasteiger partial charge in [-0.3, -0.25) is 9.78 Å². The molecule has 7 nitrogen and oxygen atoms in total. The number of nitrogens with zero attached hydrogens (tertiary/aromatic N) is 3. The van der Waals surface area contributed by atoms with Crippen LogP contribution in [0.1, 0.15) is 18.4 Å². The molecule has 1 fully saturated rings. The lowest BCUT2D eigenvalue weighted by atomic mass is 9.97. The number of hydrogen-bond donors (Lipinski definition) is 1. The van der Waals surface area contributed by atoms with Crippen molar-refractivity contribution in [3.8, 4) is 6.07 Å². The number of sulfonamides is 1. The quantitative estimate of drug-likeness (QED) is 0.851. The molecule has 3 rings (SSSR count). The number of benzene rings is 1. The van der Waals surface area contributed by atoms with Gasteiger partial charge in [0.1, 0.15) is 4.90 Å². The number of hydrogen-bond acceptors (Lipinski definition) is 5. The van der Waals surface area contributed by atoms with E-state index >= 15 is 0 Å². The molecule has 1 aliphatic rings. The van der Waals surface area contributed by atoms with Gasteiger partial charge >= 0.3 is 0 Å². The van der Waals surface area contributed by atoms with E-state index in [2.05, 4.69) is 16.4 Å². The number of pyridine rings is 1. The molecule has 2 aromatic rings. The number of carbonyl (C=O) groups excluding carboxylic acids is 1. The van der Waals surface area contributed by atoms with E-state index in [1.54, 1.807) is 18.2 Å². The van der Waals surface area contributed by atoms with Crippen LogP contribution >= 0.6 is 0 Å². The van der Waals surface area contributed by atoms with Crippen LogP contribution in [0.3, 0.4) is 0 Å². The summed E-state index contributed by atoms with van der Waals surface area (Å²) in [6.45, 7) is 0.604. The van der Waals surface area contributed by atoms with Crippen molar-refractivity contribution < 1.29 is 13.2 Å². The summed E-state index contributed by atoms with van der Waals surface area (Å²) in [7, 11) is -3.57. The highest BCUT2D eigenvalue weighted by molar-refractivity contribution is 7.89. The zero-order valence-electron chi connectivity index (χ0n) is 14.7. The summed E-state index contributed by atoms with van der Waals surface area (Å²) in [6, 6.07) is 12.4. The average molecular weight is 384 g/mol. The molecule has 1 saturated heterocycles. The van der Waals surface area contributed by atoms with Crippen molar-refractivity contribution in [1.82, 2.24) is 9.29 Å². The molecule has 1 aliphatic heterocycles. The minimum Gasteiger partial charge on any atom is -0.326 e. The Morgan fingerprint density at radius 1 is 1.22 bits per heavy atom. The number of piperidine rings is 1. The first-order valence-electron chi connectivity index (χ1n) is 8.67. The first-order valence-corrected chi connectivity index (χ1v) is 10.1. The molecule has 27 heavy (non-hydrogen) atoms. The smallest absolute Gasteiger partial charge is 0.244 e. The fraction of sp³-hybridized carbons (Fsp3) is 0.316. The van der Waals surface area contributed by atoms with Gasteiger partial charge < -0.3 is 5.32 Å². The van der Waals surface area contributed by atoms with E-state index in [-0.39, 0.29) is 16.7 Å². The van der Waals surface area contributed by atoms with Gasteiger partial charge in [0.05, 0.1) is 12.5 Å². The molecule has 1 N–H and O–H groups in total. The molecular formula is C19H20N4O3S. The minimum absolute atomic E-state index is 0.110. The summed E-state index contributed by atoms with van der Waals surface area (Å²) in [5.74, 6) is -0.342. The van der Waals surface area contributed by atoms with Gasteiger partial charge in [-0.25, -0.2) is 8.42 Å². The molecule has 1 amide bonds. The Labute approximate surface area is 158 Å². The van der Waals surface area contributed by atoms with Crippen LogP contribution in [0.15, 0.2) is 53.7 Å². The van der Waals surface area contributed by atoms with Gasteiger partial charge in [-0.05, 0) is 42.7 Å². The molecule has 8 heteroatoms. The summed E-state index contributed by atoms with van der Waals surface area (Å²) in [6.07, 6.45) is 4.14. The first kappa shape index (κ1) is 19.0. The molecule has 0 radical (unpaired) electrons. The highest BCUT2D eigenvalue weighted by atomic mass is 32.2. The van der Waals surface area contributed by atoms with Crippen molar-refractivity contribution in [3.63, 3.8) is 0 Å². The predicted octanol–water partition coefficient (Wildman–Crippen LogP) is 2.19. The highest BCUT2D eigenvalue weighted by Crippen LogP contribution is 2.24. The molecule has 0 spiro atoms. The first-order chi connectivity index (χ1) is 13.0. The molecular weight excluding hydrogens is 364 g/mol. The largest absolute Gasteiger partial charge is 0.326 e. The van der Waals surface area contributed by atoms with Gasteiger partial charge in [0.25, 0.3) is 0 Å². The van der Waals surface area contributed by atoms with Gasteiger partial charge in [-0.15, -0.1) is 0 Å². The van der Waals surface area contributed by atoms with E-state index in [4.69, 9.17) is 5.26 Å². The number of amides is 1.